The fraction of sp³-hybridized carbons (Fsp3) is 0.364. The molecule has 1 saturated carbocycles. The average Bonchev–Trinajstić information content (AvgIpc) is 3.62. The van der Waals surface area contributed by atoms with Crippen molar-refractivity contribution in [1.82, 2.24) is 39.8 Å². The molecular weight excluding hydrogens is 476 g/mol. The van der Waals surface area contributed by atoms with Gasteiger partial charge in [0.05, 0.1) is 25.0 Å². The van der Waals surface area contributed by atoms with Gasteiger partial charge in [0.25, 0.3) is 12.3 Å². The van der Waals surface area contributed by atoms with Gasteiger partial charge in [0, 0.05) is 35.6 Å². The van der Waals surface area contributed by atoms with Crippen LogP contribution in [-0.4, -0.2) is 59.4 Å². The Morgan fingerprint density at radius 3 is 2.66 bits per heavy atom. The molecule has 1 amide bonds. The van der Waals surface area contributed by atoms with Crippen LogP contribution in [0.25, 0.3) is 27.8 Å². The molecule has 4 aromatic rings. The van der Waals surface area contributed by atoms with E-state index in [1.165, 1.54) is 11.3 Å². The van der Waals surface area contributed by atoms with Gasteiger partial charge in [-0.15, -0.1) is 11.3 Å². The Morgan fingerprint density at radius 1 is 1.20 bits per heavy atom. The first-order chi connectivity index (χ1) is 17.0. The lowest BCUT2D eigenvalue weighted by Gasteiger charge is -2.29. The topological polar surface area (TPSA) is 129 Å². The Kier molecular flexibility index (Phi) is 6.59. The molecule has 4 heterocycles. The maximum atomic E-state index is 12.5. The third-order valence-electron chi connectivity index (χ3n) is 5.95. The van der Waals surface area contributed by atoms with Crippen molar-refractivity contribution in [1.29, 1.82) is 0 Å². The van der Waals surface area contributed by atoms with Crippen molar-refractivity contribution in [3.63, 3.8) is 0 Å². The van der Waals surface area contributed by atoms with Crippen molar-refractivity contribution < 1.29 is 13.6 Å². The van der Waals surface area contributed by atoms with Crippen LogP contribution in [-0.2, 0) is 0 Å². The SMILES string of the molecule is NC(=O)c1csc(-c2cnn(-c3cn(C4CCC(NCC(F)F)CC4)nc3-c3ncccn3)c2)n1. The number of aromatic nitrogens is 7. The molecule has 35 heavy (non-hydrogen) atoms. The van der Waals surface area contributed by atoms with Gasteiger partial charge in [-0.25, -0.2) is 28.4 Å². The Bertz CT molecular complexity index is 1300. The van der Waals surface area contributed by atoms with Crippen molar-refractivity contribution in [2.45, 2.75) is 44.2 Å². The minimum Gasteiger partial charge on any atom is -0.364 e. The third-order valence-corrected chi connectivity index (χ3v) is 6.85. The summed E-state index contributed by atoms with van der Waals surface area (Å²) < 4.78 is 28.6. The van der Waals surface area contributed by atoms with E-state index in [4.69, 9.17) is 10.8 Å². The van der Waals surface area contributed by atoms with E-state index in [0.29, 0.717) is 22.2 Å². The number of alkyl halides is 2. The summed E-state index contributed by atoms with van der Waals surface area (Å²) in [6.07, 6.45) is 9.56. The second-order valence-electron chi connectivity index (χ2n) is 8.30. The van der Waals surface area contributed by atoms with Crippen LogP contribution in [0.5, 0.6) is 0 Å². The summed E-state index contributed by atoms with van der Waals surface area (Å²) in [5.41, 5.74) is 7.55. The standard InChI is InChI=1S/C22H23F2N9OS/c23-18(24)9-28-14-2-4-15(5-3-14)32-11-17(19(31-32)21-26-6-1-7-27-21)33-10-13(8-29-33)22-30-16(12-35-22)20(25)34/h1,6-8,10-12,14-15,18,28H,2-5,9H2,(H2,25,34). The number of amides is 1. The number of hydrogen-bond donors (Lipinski definition) is 2. The number of carbonyl (C=O) groups is 1. The molecular formula is C22H23F2N9OS. The highest BCUT2D eigenvalue weighted by Gasteiger charge is 2.26. The first-order valence-electron chi connectivity index (χ1n) is 11.2. The molecule has 0 aliphatic heterocycles. The van der Waals surface area contributed by atoms with Crippen molar-refractivity contribution in [2.24, 2.45) is 5.73 Å². The number of nitrogens with two attached hydrogens (primary N) is 1. The molecule has 5 rings (SSSR count). The monoisotopic (exact) mass is 499 g/mol. The number of nitrogens with one attached hydrogen (secondary N) is 1. The van der Waals surface area contributed by atoms with E-state index in [9.17, 15) is 13.6 Å². The Labute approximate surface area is 203 Å². The van der Waals surface area contributed by atoms with Gasteiger partial charge < -0.3 is 11.1 Å². The van der Waals surface area contributed by atoms with E-state index < -0.39 is 12.3 Å². The van der Waals surface area contributed by atoms with Gasteiger partial charge in [-0.2, -0.15) is 10.2 Å². The predicted molar refractivity (Wildman–Crippen MR) is 125 cm³/mol. The summed E-state index contributed by atoms with van der Waals surface area (Å²) in [5, 5.41) is 14.5. The predicted octanol–water partition coefficient (Wildman–Crippen LogP) is 3.09. The fourth-order valence-corrected chi connectivity index (χ4v) is 4.99. The molecule has 1 aliphatic carbocycles. The molecule has 0 saturated heterocycles. The van der Waals surface area contributed by atoms with Crippen LogP contribution >= 0.6 is 11.3 Å². The Hall–Kier alpha value is -3.58. The molecule has 182 valence electrons. The quantitative estimate of drug-likeness (QED) is 0.381. The van der Waals surface area contributed by atoms with Crippen molar-refractivity contribution >= 4 is 17.2 Å². The van der Waals surface area contributed by atoms with E-state index in [-0.39, 0.29) is 24.3 Å². The molecule has 0 radical (unpaired) electrons. The zero-order valence-corrected chi connectivity index (χ0v) is 19.4. The van der Waals surface area contributed by atoms with E-state index in [0.717, 1.165) is 31.2 Å². The van der Waals surface area contributed by atoms with Gasteiger partial charge in [0.1, 0.15) is 16.4 Å². The highest BCUT2D eigenvalue weighted by Crippen LogP contribution is 2.32. The summed E-state index contributed by atoms with van der Waals surface area (Å²) >= 11 is 1.31. The van der Waals surface area contributed by atoms with Crippen LogP contribution in [0.1, 0.15) is 42.2 Å². The molecule has 4 aromatic heterocycles. The number of primary amides is 1. The Balaban J connectivity index is 1.42. The van der Waals surface area contributed by atoms with Crippen LogP contribution in [0.2, 0.25) is 0 Å². The number of carbonyl (C=O) groups excluding carboxylic acids is 1. The minimum absolute atomic E-state index is 0.0875. The van der Waals surface area contributed by atoms with Crippen LogP contribution in [0, 0.1) is 0 Å². The molecule has 0 bridgehead atoms. The number of nitrogens with zero attached hydrogens (tertiary/aromatic N) is 7. The van der Waals surface area contributed by atoms with Crippen molar-refractivity contribution in [3.8, 4) is 27.8 Å². The normalized spacial score (nSPS) is 18.3. The number of halogens is 2. The highest BCUT2D eigenvalue weighted by molar-refractivity contribution is 7.13. The summed E-state index contributed by atoms with van der Waals surface area (Å²) in [5.74, 6) is -0.111. The maximum absolute atomic E-state index is 12.5. The van der Waals surface area contributed by atoms with E-state index in [2.05, 4.69) is 25.4 Å². The second kappa shape index (κ2) is 9.96. The van der Waals surface area contributed by atoms with Crippen molar-refractivity contribution in [3.05, 3.63) is 48.1 Å². The lowest BCUT2D eigenvalue weighted by Crippen LogP contribution is -2.36. The average molecular weight is 500 g/mol. The zero-order valence-electron chi connectivity index (χ0n) is 18.6. The molecule has 10 nitrogen and oxygen atoms in total. The highest BCUT2D eigenvalue weighted by atomic mass is 32.1. The molecule has 0 spiro atoms. The minimum atomic E-state index is -2.35. The molecule has 1 aliphatic rings. The van der Waals surface area contributed by atoms with Crippen LogP contribution in [0.15, 0.2) is 42.4 Å². The van der Waals surface area contributed by atoms with E-state index >= 15 is 0 Å². The van der Waals surface area contributed by atoms with Gasteiger partial charge in [0.15, 0.2) is 11.5 Å². The number of hydrogen-bond acceptors (Lipinski definition) is 8. The van der Waals surface area contributed by atoms with Gasteiger partial charge in [-0.05, 0) is 31.7 Å². The fourth-order valence-electron chi connectivity index (χ4n) is 4.20. The van der Waals surface area contributed by atoms with Gasteiger partial charge in [-0.3, -0.25) is 9.48 Å². The van der Waals surface area contributed by atoms with E-state index in [1.807, 2.05) is 17.1 Å². The van der Waals surface area contributed by atoms with Gasteiger partial charge >= 0.3 is 0 Å². The summed E-state index contributed by atoms with van der Waals surface area (Å²) in [6.45, 7) is -0.279. The van der Waals surface area contributed by atoms with Crippen LogP contribution in [0.3, 0.4) is 0 Å². The summed E-state index contributed by atoms with van der Waals surface area (Å²) in [4.78, 5) is 24.4. The molecule has 0 atom stereocenters. The summed E-state index contributed by atoms with van der Waals surface area (Å²) in [7, 11) is 0. The molecule has 13 heteroatoms. The largest absolute Gasteiger partial charge is 0.364 e. The first-order valence-corrected chi connectivity index (χ1v) is 12.0. The number of rotatable bonds is 8. The summed E-state index contributed by atoms with van der Waals surface area (Å²) in [6, 6.07) is 1.95. The van der Waals surface area contributed by atoms with Gasteiger partial charge in [0.2, 0.25) is 0 Å². The lowest BCUT2D eigenvalue weighted by atomic mass is 9.91. The van der Waals surface area contributed by atoms with Gasteiger partial charge in [-0.1, -0.05) is 0 Å². The molecule has 0 unspecified atom stereocenters. The molecule has 3 N–H and O–H groups in total. The lowest BCUT2D eigenvalue weighted by molar-refractivity contribution is 0.0996. The molecule has 0 aromatic carbocycles. The Morgan fingerprint density at radius 2 is 1.97 bits per heavy atom. The number of thiazole rings is 1. The third kappa shape index (κ3) is 5.10. The van der Waals surface area contributed by atoms with Crippen LogP contribution in [0.4, 0.5) is 8.78 Å². The van der Waals surface area contributed by atoms with Crippen molar-refractivity contribution in [2.75, 3.05) is 6.54 Å². The van der Waals surface area contributed by atoms with Crippen LogP contribution < -0.4 is 11.1 Å². The smallest absolute Gasteiger partial charge is 0.268 e. The first kappa shape index (κ1) is 23.2. The van der Waals surface area contributed by atoms with E-state index in [1.54, 1.807) is 34.7 Å². The zero-order chi connectivity index (χ0) is 24.4. The molecule has 1 fully saturated rings. The second-order valence-corrected chi connectivity index (χ2v) is 9.15. The maximum Gasteiger partial charge on any atom is 0.268 e.